The summed E-state index contributed by atoms with van der Waals surface area (Å²) in [6.45, 7) is 3.61. The molecule has 0 radical (unpaired) electrons. The maximum atomic E-state index is 11.9. The van der Waals surface area contributed by atoms with E-state index in [9.17, 15) is 4.79 Å². The number of ether oxygens (including phenoxy) is 3. The van der Waals surface area contributed by atoms with Crippen LogP contribution in [0.2, 0.25) is 5.02 Å². The molecule has 0 saturated heterocycles. The fourth-order valence-electron chi connectivity index (χ4n) is 2.27. The van der Waals surface area contributed by atoms with Crippen LogP contribution in [-0.2, 0) is 4.79 Å². The highest BCUT2D eigenvalue weighted by molar-refractivity contribution is 6.32. The number of hydrogen-bond donors (Lipinski definition) is 1. The lowest BCUT2D eigenvalue weighted by Crippen LogP contribution is -2.24. The van der Waals surface area contributed by atoms with Crippen molar-refractivity contribution in [2.75, 3.05) is 20.8 Å². The van der Waals surface area contributed by atoms with Crippen molar-refractivity contribution in [3.05, 3.63) is 52.0 Å². The number of methoxy groups -OCH3 is 2. The number of halogens is 1. The molecule has 6 nitrogen and oxygen atoms in total. The molecule has 26 heavy (non-hydrogen) atoms. The van der Waals surface area contributed by atoms with Gasteiger partial charge in [-0.05, 0) is 49.2 Å². The number of hydrazone groups is 1. The average Bonchev–Trinajstić information content (AvgIpc) is 2.64. The van der Waals surface area contributed by atoms with E-state index in [1.807, 2.05) is 13.8 Å². The Labute approximate surface area is 157 Å². The maximum Gasteiger partial charge on any atom is 0.277 e. The first kappa shape index (κ1) is 19.6. The summed E-state index contributed by atoms with van der Waals surface area (Å²) in [5.41, 5.74) is 4.91. The van der Waals surface area contributed by atoms with Gasteiger partial charge in [0.2, 0.25) is 0 Å². The molecule has 138 valence electrons. The minimum atomic E-state index is -0.376. The van der Waals surface area contributed by atoms with Crippen LogP contribution in [0.15, 0.2) is 35.4 Å². The molecule has 0 aromatic heterocycles. The van der Waals surface area contributed by atoms with Crippen LogP contribution in [-0.4, -0.2) is 32.9 Å². The number of nitrogens with zero attached hydrogens (tertiary/aromatic N) is 1. The second-order valence-electron chi connectivity index (χ2n) is 5.56. The van der Waals surface area contributed by atoms with Crippen LogP contribution < -0.4 is 19.6 Å². The van der Waals surface area contributed by atoms with Gasteiger partial charge in [-0.3, -0.25) is 4.79 Å². The van der Waals surface area contributed by atoms with Gasteiger partial charge in [-0.25, -0.2) is 5.43 Å². The Balaban J connectivity index is 1.92. The molecular weight excluding hydrogens is 356 g/mol. The minimum absolute atomic E-state index is 0.155. The lowest BCUT2D eigenvalue weighted by atomic mass is 10.1. The number of carbonyl (C=O) groups excluding carboxylic acids is 1. The summed E-state index contributed by atoms with van der Waals surface area (Å²) >= 11 is 6.11. The van der Waals surface area contributed by atoms with Crippen molar-refractivity contribution in [2.45, 2.75) is 13.8 Å². The molecule has 0 saturated carbocycles. The summed E-state index contributed by atoms with van der Waals surface area (Å²) in [4.78, 5) is 11.9. The molecule has 0 spiro atoms. The fraction of sp³-hybridized carbons (Fsp3) is 0.263. The molecule has 0 aliphatic rings. The number of carbonyl (C=O) groups is 1. The Kier molecular flexibility index (Phi) is 6.86. The first-order valence-corrected chi connectivity index (χ1v) is 8.26. The minimum Gasteiger partial charge on any atom is -0.497 e. The van der Waals surface area contributed by atoms with Gasteiger partial charge in [0.25, 0.3) is 5.91 Å². The third-order valence-corrected chi connectivity index (χ3v) is 4.21. The van der Waals surface area contributed by atoms with Crippen molar-refractivity contribution in [3.8, 4) is 17.2 Å². The lowest BCUT2D eigenvalue weighted by Gasteiger charge is -2.09. The van der Waals surface area contributed by atoms with Gasteiger partial charge in [-0.2, -0.15) is 5.10 Å². The molecule has 2 rings (SSSR count). The number of aryl methyl sites for hydroxylation is 2. The molecule has 1 N–H and O–H groups in total. The number of amides is 1. The zero-order valence-corrected chi connectivity index (χ0v) is 15.9. The van der Waals surface area contributed by atoms with E-state index in [4.69, 9.17) is 25.8 Å². The summed E-state index contributed by atoms with van der Waals surface area (Å²) in [7, 11) is 3.13. The second-order valence-corrected chi connectivity index (χ2v) is 5.94. The predicted octanol–water partition coefficient (Wildman–Crippen LogP) is 3.50. The van der Waals surface area contributed by atoms with Gasteiger partial charge in [0.05, 0.1) is 20.4 Å². The van der Waals surface area contributed by atoms with E-state index in [2.05, 4.69) is 10.5 Å². The van der Waals surface area contributed by atoms with E-state index in [-0.39, 0.29) is 12.5 Å². The van der Waals surface area contributed by atoms with Gasteiger partial charge in [0.1, 0.15) is 17.2 Å². The summed E-state index contributed by atoms with van der Waals surface area (Å²) < 4.78 is 15.9. The molecule has 0 bridgehead atoms. The zero-order valence-electron chi connectivity index (χ0n) is 15.1. The van der Waals surface area contributed by atoms with Gasteiger partial charge in [0, 0.05) is 16.7 Å². The molecule has 2 aromatic carbocycles. The molecule has 0 heterocycles. The molecule has 1 amide bonds. The molecule has 2 aromatic rings. The monoisotopic (exact) mass is 376 g/mol. The largest absolute Gasteiger partial charge is 0.497 e. The van der Waals surface area contributed by atoms with Gasteiger partial charge in [-0.15, -0.1) is 0 Å². The SMILES string of the molecule is COc1ccc(C=NNC(=O)COc2cc(C)c(Cl)c(C)c2)c(OC)c1. The zero-order chi connectivity index (χ0) is 19.1. The van der Waals surface area contributed by atoms with Crippen LogP contribution in [0.5, 0.6) is 17.2 Å². The quantitative estimate of drug-likeness (QED) is 0.593. The first-order chi connectivity index (χ1) is 12.4. The van der Waals surface area contributed by atoms with Crippen LogP contribution in [0, 0.1) is 13.8 Å². The van der Waals surface area contributed by atoms with Crippen molar-refractivity contribution in [3.63, 3.8) is 0 Å². The van der Waals surface area contributed by atoms with Crippen molar-refractivity contribution < 1.29 is 19.0 Å². The number of hydrogen-bond acceptors (Lipinski definition) is 5. The molecule has 0 fully saturated rings. The lowest BCUT2D eigenvalue weighted by molar-refractivity contribution is -0.123. The van der Waals surface area contributed by atoms with Gasteiger partial charge in [-0.1, -0.05) is 11.6 Å². The predicted molar refractivity (Wildman–Crippen MR) is 102 cm³/mol. The molecule has 0 aliphatic heterocycles. The Morgan fingerprint density at radius 2 is 1.81 bits per heavy atom. The first-order valence-electron chi connectivity index (χ1n) is 7.88. The van der Waals surface area contributed by atoms with Gasteiger partial charge in [0.15, 0.2) is 6.61 Å². The van der Waals surface area contributed by atoms with E-state index >= 15 is 0 Å². The van der Waals surface area contributed by atoms with E-state index < -0.39 is 0 Å². The van der Waals surface area contributed by atoms with E-state index in [1.54, 1.807) is 44.6 Å². The third kappa shape index (κ3) is 5.13. The summed E-state index contributed by atoms with van der Waals surface area (Å²) in [6.07, 6.45) is 1.49. The molecule has 0 unspecified atom stereocenters. The topological polar surface area (TPSA) is 69.2 Å². The van der Waals surface area contributed by atoms with Crippen molar-refractivity contribution in [2.24, 2.45) is 5.10 Å². The van der Waals surface area contributed by atoms with Crippen LogP contribution in [0.4, 0.5) is 0 Å². The molecular formula is C19H21ClN2O4. The normalized spacial score (nSPS) is 10.7. The maximum absolute atomic E-state index is 11.9. The van der Waals surface area contributed by atoms with Crippen LogP contribution in [0.3, 0.4) is 0 Å². The highest BCUT2D eigenvalue weighted by Crippen LogP contribution is 2.26. The van der Waals surface area contributed by atoms with Crippen molar-refractivity contribution in [1.82, 2.24) is 5.43 Å². The Bertz CT molecular complexity index is 798. The molecule has 0 atom stereocenters. The Morgan fingerprint density at radius 3 is 2.42 bits per heavy atom. The Morgan fingerprint density at radius 1 is 1.12 bits per heavy atom. The number of nitrogens with one attached hydrogen (secondary N) is 1. The van der Waals surface area contributed by atoms with E-state index in [1.165, 1.54) is 6.21 Å². The fourth-order valence-corrected chi connectivity index (χ4v) is 2.38. The number of rotatable bonds is 7. The van der Waals surface area contributed by atoms with Crippen LogP contribution in [0.1, 0.15) is 16.7 Å². The van der Waals surface area contributed by atoms with E-state index in [0.717, 1.165) is 11.1 Å². The third-order valence-electron chi connectivity index (χ3n) is 3.61. The van der Waals surface area contributed by atoms with Crippen LogP contribution >= 0.6 is 11.6 Å². The average molecular weight is 377 g/mol. The summed E-state index contributed by atoms with van der Waals surface area (Å²) in [6, 6.07) is 8.86. The highest BCUT2D eigenvalue weighted by Gasteiger charge is 2.07. The molecule has 0 aliphatic carbocycles. The Hall–Kier alpha value is -2.73. The summed E-state index contributed by atoms with van der Waals surface area (Å²) in [5, 5.41) is 4.61. The molecule has 7 heteroatoms. The van der Waals surface area contributed by atoms with Gasteiger partial charge < -0.3 is 14.2 Å². The second kappa shape index (κ2) is 9.10. The number of benzene rings is 2. The summed E-state index contributed by atoms with van der Waals surface area (Å²) in [5.74, 6) is 1.47. The van der Waals surface area contributed by atoms with E-state index in [0.29, 0.717) is 27.8 Å². The standard InChI is InChI=1S/C19H21ClN2O4/c1-12-7-16(8-13(2)19(12)20)26-11-18(23)22-21-10-14-5-6-15(24-3)9-17(14)25-4/h5-10H,11H2,1-4H3,(H,22,23). The smallest absolute Gasteiger partial charge is 0.277 e. The van der Waals surface area contributed by atoms with Gasteiger partial charge >= 0.3 is 0 Å². The highest BCUT2D eigenvalue weighted by atomic mass is 35.5. The van der Waals surface area contributed by atoms with Crippen molar-refractivity contribution in [1.29, 1.82) is 0 Å². The van der Waals surface area contributed by atoms with Crippen LogP contribution in [0.25, 0.3) is 0 Å². The van der Waals surface area contributed by atoms with Crippen molar-refractivity contribution >= 4 is 23.7 Å².